The van der Waals surface area contributed by atoms with Crippen LogP contribution >= 0.6 is 0 Å². The molecule has 0 bridgehead atoms. The number of carbonyl (C=O) groups is 3. The summed E-state index contributed by atoms with van der Waals surface area (Å²) in [6, 6.07) is 11.2. The van der Waals surface area contributed by atoms with E-state index in [0.717, 1.165) is 0 Å². The van der Waals surface area contributed by atoms with E-state index in [4.69, 9.17) is 9.15 Å². The van der Waals surface area contributed by atoms with Crippen molar-refractivity contribution in [2.24, 2.45) is 0 Å². The summed E-state index contributed by atoms with van der Waals surface area (Å²) < 4.78 is 10.6. The van der Waals surface area contributed by atoms with Crippen molar-refractivity contribution in [1.82, 2.24) is 0 Å². The predicted molar refractivity (Wildman–Crippen MR) is 109 cm³/mol. The number of anilines is 2. The summed E-state index contributed by atoms with van der Waals surface area (Å²) in [4.78, 5) is 38.7. The number of esters is 1. The minimum absolute atomic E-state index is 0.0661. The molecule has 1 atom stereocenters. The molecule has 2 N–H and O–H groups in total. The normalized spacial score (nSPS) is 16.0. The smallest absolute Gasteiger partial charge is 0.310 e. The molecule has 8 nitrogen and oxygen atoms in total. The Morgan fingerprint density at radius 2 is 2.07 bits per heavy atom. The van der Waals surface area contributed by atoms with E-state index in [1.165, 1.54) is 23.3 Å². The number of ether oxygens (including phenoxy) is 1. The average molecular weight is 408 g/mol. The minimum atomic E-state index is -0.580. The fraction of sp³-hybridized carbons (Fsp3) is 0.227. The maximum Gasteiger partial charge on any atom is 0.310 e. The molecular formula is C22H20N2O6. The van der Waals surface area contributed by atoms with Crippen LogP contribution in [-0.2, 0) is 25.5 Å². The standard InChI is InChI=1S/C22H20N2O6/c1-13-8-20(26)23-17-4-2-3-5-18(17)24(13)21(27)12-30-22(28)9-14-11-29-19-10-15(25)6-7-16(14)19/h2-7,10-11,13,25H,8-9,12H2,1H3,(H,23,26)/t13-/m1/s1. The minimum Gasteiger partial charge on any atom is -0.508 e. The molecule has 0 aliphatic carbocycles. The quantitative estimate of drug-likeness (QED) is 0.643. The number of phenolic OH excluding ortho intramolecular Hbond substituents is 1. The second-order valence-corrected chi connectivity index (χ2v) is 7.16. The van der Waals surface area contributed by atoms with Crippen LogP contribution in [0.25, 0.3) is 11.0 Å². The lowest BCUT2D eigenvalue weighted by molar-refractivity contribution is -0.147. The summed E-state index contributed by atoms with van der Waals surface area (Å²) >= 11 is 0. The highest BCUT2D eigenvalue weighted by atomic mass is 16.5. The highest BCUT2D eigenvalue weighted by Crippen LogP contribution is 2.31. The molecule has 0 spiro atoms. The van der Waals surface area contributed by atoms with E-state index in [9.17, 15) is 19.5 Å². The molecule has 2 heterocycles. The largest absolute Gasteiger partial charge is 0.508 e. The number of furan rings is 1. The molecule has 30 heavy (non-hydrogen) atoms. The summed E-state index contributed by atoms with van der Waals surface area (Å²) in [5, 5.41) is 13.0. The second-order valence-electron chi connectivity index (χ2n) is 7.16. The highest BCUT2D eigenvalue weighted by molar-refractivity contribution is 6.05. The lowest BCUT2D eigenvalue weighted by atomic mass is 10.1. The SMILES string of the molecule is C[C@@H]1CC(=O)Nc2ccccc2N1C(=O)COC(=O)Cc1coc2cc(O)ccc12. The molecular weight excluding hydrogens is 388 g/mol. The Hall–Kier alpha value is -3.81. The number of hydrogen-bond acceptors (Lipinski definition) is 6. The van der Waals surface area contributed by atoms with E-state index < -0.39 is 18.5 Å². The van der Waals surface area contributed by atoms with Gasteiger partial charge in [-0.1, -0.05) is 12.1 Å². The number of hydrogen-bond donors (Lipinski definition) is 2. The van der Waals surface area contributed by atoms with Gasteiger partial charge >= 0.3 is 5.97 Å². The number of fused-ring (bicyclic) bond motifs is 2. The van der Waals surface area contributed by atoms with Crippen LogP contribution in [0.2, 0.25) is 0 Å². The highest BCUT2D eigenvalue weighted by Gasteiger charge is 2.30. The molecule has 1 aromatic heterocycles. The lowest BCUT2D eigenvalue weighted by Crippen LogP contribution is -2.41. The van der Waals surface area contributed by atoms with E-state index in [2.05, 4.69) is 5.32 Å². The molecule has 1 aliphatic heterocycles. The van der Waals surface area contributed by atoms with Crippen LogP contribution in [0.1, 0.15) is 18.9 Å². The molecule has 4 rings (SSSR count). The Bertz CT molecular complexity index is 1140. The fourth-order valence-corrected chi connectivity index (χ4v) is 3.59. The van der Waals surface area contributed by atoms with Gasteiger partial charge in [0.1, 0.15) is 11.3 Å². The Labute approximate surface area is 172 Å². The Morgan fingerprint density at radius 3 is 2.90 bits per heavy atom. The lowest BCUT2D eigenvalue weighted by Gasteiger charge is -2.27. The molecule has 0 unspecified atom stereocenters. The third-order valence-corrected chi connectivity index (χ3v) is 4.96. The maximum atomic E-state index is 12.9. The van der Waals surface area contributed by atoms with E-state index in [-0.39, 0.29) is 30.5 Å². The van der Waals surface area contributed by atoms with Crippen molar-refractivity contribution in [2.75, 3.05) is 16.8 Å². The van der Waals surface area contributed by atoms with Crippen LogP contribution in [0.15, 0.2) is 53.1 Å². The number of aromatic hydroxyl groups is 1. The van der Waals surface area contributed by atoms with Crippen LogP contribution in [0.4, 0.5) is 11.4 Å². The van der Waals surface area contributed by atoms with Crippen molar-refractivity contribution in [3.05, 3.63) is 54.3 Å². The average Bonchev–Trinajstić information content (AvgIpc) is 3.03. The molecule has 8 heteroatoms. The number of nitrogens with one attached hydrogen (secondary N) is 1. The van der Waals surface area contributed by atoms with Crippen LogP contribution in [0.5, 0.6) is 5.75 Å². The number of phenols is 1. The zero-order valence-corrected chi connectivity index (χ0v) is 16.3. The maximum absolute atomic E-state index is 12.9. The Balaban J connectivity index is 1.45. The monoisotopic (exact) mass is 408 g/mol. The van der Waals surface area contributed by atoms with Crippen molar-refractivity contribution >= 4 is 40.1 Å². The van der Waals surface area contributed by atoms with Crippen molar-refractivity contribution in [1.29, 1.82) is 0 Å². The van der Waals surface area contributed by atoms with Crippen molar-refractivity contribution in [3.8, 4) is 5.75 Å². The van der Waals surface area contributed by atoms with Crippen molar-refractivity contribution < 1.29 is 28.6 Å². The number of nitrogens with zero attached hydrogens (tertiary/aromatic N) is 1. The number of rotatable bonds is 4. The second kappa shape index (κ2) is 7.90. The van der Waals surface area contributed by atoms with Gasteiger partial charge in [-0.3, -0.25) is 14.4 Å². The number of amides is 2. The van der Waals surface area contributed by atoms with Gasteiger partial charge in [0.15, 0.2) is 6.61 Å². The Morgan fingerprint density at radius 1 is 1.27 bits per heavy atom. The van der Waals surface area contributed by atoms with Gasteiger partial charge in [-0.25, -0.2) is 0 Å². The molecule has 154 valence electrons. The molecule has 0 saturated heterocycles. The first kappa shape index (κ1) is 19.5. The number of benzene rings is 2. The molecule has 3 aromatic rings. The molecule has 2 amide bonds. The summed E-state index contributed by atoms with van der Waals surface area (Å²) in [5.41, 5.74) is 2.17. The molecule has 2 aromatic carbocycles. The van der Waals surface area contributed by atoms with Gasteiger partial charge in [0.2, 0.25) is 5.91 Å². The van der Waals surface area contributed by atoms with Gasteiger partial charge in [-0.2, -0.15) is 0 Å². The number of para-hydroxylation sites is 2. The van der Waals surface area contributed by atoms with Crippen LogP contribution < -0.4 is 10.2 Å². The van der Waals surface area contributed by atoms with Gasteiger partial charge in [0, 0.05) is 29.5 Å². The molecule has 0 saturated carbocycles. The van der Waals surface area contributed by atoms with Gasteiger partial charge in [0.05, 0.1) is 24.1 Å². The van der Waals surface area contributed by atoms with E-state index >= 15 is 0 Å². The Kier molecular flexibility index (Phi) is 5.14. The predicted octanol–water partition coefficient (Wildman–Crippen LogP) is 2.99. The molecule has 1 aliphatic rings. The van der Waals surface area contributed by atoms with Crippen molar-refractivity contribution in [3.63, 3.8) is 0 Å². The third kappa shape index (κ3) is 3.84. The van der Waals surface area contributed by atoms with E-state index in [1.54, 1.807) is 37.3 Å². The first-order valence-corrected chi connectivity index (χ1v) is 9.48. The van der Waals surface area contributed by atoms with Crippen LogP contribution in [0, 0.1) is 0 Å². The van der Waals surface area contributed by atoms with Gasteiger partial charge in [-0.05, 0) is 31.2 Å². The van der Waals surface area contributed by atoms with Crippen molar-refractivity contribution in [2.45, 2.75) is 25.8 Å². The van der Waals surface area contributed by atoms with Gasteiger partial charge in [0.25, 0.3) is 5.91 Å². The van der Waals surface area contributed by atoms with Crippen LogP contribution in [0.3, 0.4) is 0 Å². The topological polar surface area (TPSA) is 109 Å². The summed E-state index contributed by atoms with van der Waals surface area (Å²) in [6.45, 7) is 1.33. The first-order chi connectivity index (χ1) is 14.4. The van der Waals surface area contributed by atoms with Gasteiger partial charge in [-0.15, -0.1) is 0 Å². The zero-order valence-electron chi connectivity index (χ0n) is 16.3. The van der Waals surface area contributed by atoms with Gasteiger partial charge < -0.3 is 24.5 Å². The third-order valence-electron chi connectivity index (χ3n) is 4.96. The first-order valence-electron chi connectivity index (χ1n) is 9.48. The number of carbonyl (C=O) groups excluding carboxylic acids is 3. The molecule has 0 fully saturated rings. The summed E-state index contributed by atoms with van der Waals surface area (Å²) in [7, 11) is 0. The fourth-order valence-electron chi connectivity index (χ4n) is 3.59. The van der Waals surface area contributed by atoms with E-state index in [1.807, 2.05) is 0 Å². The summed E-state index contributed by atoms with van der Waals surface area (Å²) in [6.07, 6.45) is 1.50. The zero-order chi connectivity index (χ0) is 21.3. The van der Waals surface area contributed by atoms with E-state index in [0.29, 0.717) is 27.9 Å². The summed E-state index contributed by atoms with van der Waals surface area (Å²) in [5.74, 6) is -1.11. The molecule has 0 radical (unpaired) electrons. The van der Waals surface area contributed by atoms with Crippen LogP contribution in [-0.4, -0.2) is 35.5 Å².